The van der Waals surface area contributed by atoms with Gasteiger partial charge in [-0.25, -0.2) is 0 Å². The Morgan fingerprint density at radius 2 is 2.00 bits per heavy atom. The Morgan fingerprint density at radius 1 is 1.13 bits per heavy atom. The minimum absolute atomic E-state index is 0.214. The summed E-state index contributed by atoms with van der Waals surface area (Å²) in [5.41, 5.74) is 1.93. The number of hydrogen-bond acceptors (Lipinski definition) is 1. The summed E-state index contributed by atoms with van der Waals surface area (Å²) in [7, 11) is 0. The summed E-state index contributed by atoms with van der Waals surface area (Å²) in [6.45, 7) is 0. The van der Waals surface area contributed by atoms with Crippen LogP contribution in [0.1, 0.15) is 6.42 Å². The second kappa shape index (κ2) is 3.06. The lowest BCUT2D eigenvalue weighted by molar-refractivity contribution is -0.114. The van der Waals surface area contributed by atoms with E-state index in [-0.39, 0.29) is 5.78 Å². The molecule has 3 rings (SSSR count). The molecule has 72 valence electrons. The maximum atomic E-state index is 11.8. The van der Waals surface area contributed by atoms with E-state index >= 15 is 0 Å². The number of carbonyl (C=O) groups is 1. The van der Waals surface area contributed by atoms with Crippen LogP contribution in [0.2, 0.25) is 0 Å². The SMILES string of the molecule is O=C1CC=c2ccccc2=C2C=CC=C12. The van der Waals surface area contributed by atoms with Gasteiger partial charge in [-0.05, 0) is 16.0 Å². The van der Waals surface area contributed by atoms with Crippen LogP contribution < -0.4 is 10.4 Å². The highest BCUT2D eigenvalue weighted by molar-refractivity contribution is 6.12. The number of fused-ring (bicyclic) bond motifs is 2. The van der Waals surface area contributed by atoms with Gasteiger partial charge in [0.2, 0.25) is 0 Å². The van der Waals surface area contributed by atoms with Crippen molar-refractivity contribution in [3.8, 4) is 0 Å². The fourth-order valence-electron chi connectivity index (χ4n) is 2.13. The van der Waals surface area contributed by atoms with E-state index in [0.29, 0.717) is 6.42 Å². The molecule has 0 saturated heterocycles. The van der Waals surface area contributed by atoms with Crippen LogP contribution in [-0.2, 0) is 4.79 Å². The minimum Gasteiger partial charge on any atom is -0.294 e. The molecule has 0 amide bonds. The molecule has 0 spiro atoms. The fourth-order valence-corrected chi connectivity index (χ4v) is 2.13. The van der Waals surface area contributed by atoms with Crippen molar-refractivity contribution in [2.75, 3.05) is 0 Å². The van der Waals surface area contributed by atoms with Gasteiger partial charge in [0.05, 0.1) is 0 Å². The van der Waals surface area contributed by atoms with Crippen molar-refractivity contribution in [3.63, 3.8) is 0 Å². The van der Waals surface area contributed by atoms with E-state index in [1.54, 1.807) is 0 Å². The van der Waals surface area contributed by atoms with E-state index in [4.69, 9.17) is 0 Å². The summed E-state index contributed by atoms with van der Waals surface area (Å²) in [6.07, 6.45) is 8.40. The molecule has 0 aromatic heterocycles. The number of ketones is 1. The molecule has 0 aliphatic heterocycles. The average molecular weight is 194 g/mol. The summed E-state index contributed by atoms with van der Waals surface area (Å²) in [6, 6.07) is 8.15. The highest BCUT2D eigenvalue weighted by Gasteiger charge is 2.17. The number of carbonyl (C=O) groups excluding carboxylic acids is 1. The molecule has 0 saturated carbocycles. The van der Waals surface area contributed by atoms with Gasteiger partial charge in [-0.15, -0.1) is 0 Å². The summed E-state index contributed by atoms with van der Waals surface area (Å²) < 4.78 is 0. The van der Waals surface area contributed by atoms with Gasteiger partial charge in [0.1, 0.15) is 0 Å². The average Bonchev–Trinajstić information content (AvgIpc) is 2.71. The van der Waals surface area contributed by atoms with Crippen molar-refractivity contribution in [3.05, 3.63) is 58.5 Å². The molecular formula is C14H10O. The Hall–Kier alpha value is -1.89. The molecule has 0 radical (unpaired) electrons. The highest BCUT2D eigenvalue weighted by Crippen LogP contribution is 2.21. The van der Waals surface area contributed by atoms with E-state index in [1.165, 1.54) is 5.22 Å². The zero-order chi connectivity index (χ0) is 10.3. The predicted molar refractivity (Wildman–Crippen MR) is 60.4 cm³/mol. The molecule has 0 bridgehead atoms. The summed E-state index contributed by atoms with van der Waals surface area (Å²) in [4.78, 5) is 11.8. The van der Waals surface area contributed by atoms with E-state index in [0.717, 1.165) is 16.4 Å². The Labute approximate surface area is 87.7 Å². The van der Waals surface area contributed by atoms with Gasteiger partial charge in [-0.2, -0.15) is 0 Å². The Kier molecular flexibility index (Phi) is 1.72. The van der Waals surface area contributed by atoms with Gasteiger partial charge in [0, 0.05) is 12.0 Å². The van der Waals surface area contributed by atoms with Gasteiger partial charge < -0.3 is 0 Å². The normalized spacial score (nSPS) is 17.7. The first kappa shape index (κ1) is 8.42. The first-order valence-electron chi connectivity index (χ1n) is 5.08. The lowest BCUT2D eigenvalue weighted by Crippen LogP contribution is -2.25. The lowest BCUT2D eigenvalue weighted by Gasteiger charge is -1.99. The molecule has 2 aliphatic rings. The first-order chi connectivity index (χ1) is 7.36. The third kappa shape index (κ3) is 1.20. The van der Waals surface area contributed by atoms with Crippen LogP contribution in [0.5, 0.6) is 0 Å². The summed E-state index contributed by atoms with van der Waals surface area (Å²) >= 11 is 0. The zero-order valence-electron chi connectivity index (χ0n) is 8.23. The smallest absolute Gasteiger partial charge is 0.167 e. The van der Waals surface area contributed by atoms with Gasteiger partial charge >= 0.3 is 0 Å². The number of allylic oxidation sites excluding steroid dienone is 4. The number of rotatable bonds is 0. The molecule has 1 aromatic rings. The van der Waals surface area contributed by atoms with Crippen LogP contribution in [0.15, 0.2) is 48.1 Å². The van der Waals surface area contributed by atoms with Gasteiger partial charge in [0.15, 0.2) is 5.78 Å². The molecule has 0 atom stereocenters. The molecule has 0 N–H and O–H groups in total. The van der Waals surface area contributed by atoms with Crippen LogP contribution in [0.25, 0.3) is 11.6 Å². The minimum atomic E-state index is 0.214. The van der Waals surface area contributed by atoms with Crippen molar-refractivity contribution in [2.45, 2.75) is 6.42 Å². The van der Waals surface area contributed by atoms with Crippen LogP contribution in [0.4, 0.5) is 0 Å². The predicted octanol–water partition coefficient (Wildman–Crippen LogP) is 1.09. The molecule has 0 heterocycles. The van der Waals surface area contributed by atoms with Crippen molar-refractivity contribution < 1.29 is 4.79 Å². The van der Waals surface area contributed by atoms with Crippen LogP contribution in [0.3, 0.4) is 0 Å². The molecule has 2 aliphatic carbocycles. The number of Topliss-reactive ketones (excluding diaryl/α,β-unsaturated/α-hetero) is 1. The quantitative estimate of drug-likeness (QED) is 0.604. The molecule has 0 fully saturated rings. The molecule has 15 heavy (non-hydrogen) atoms. The first-order valence-corrected chi connectivity index (χ1v) is 5.08. The zero-order valence-corrected chi connectivity index (χ0v) is 8.23. The van der Waals surface area contributed by atoms with Crippen LogP contribution in [0, 0.1) is 0 Å². The van der Waals surface area contributed by atoms with Crippen molar-refractivity contribution in [2.24, 2.45) is 0 Å². The van der Waals surface area contributed by atoms with E-state index in [1.807, 2.05) is 36.4 Å². The summed E-state index contributed by atoms with van der Waals surface area (Å²) in [5.74, 6) is 0.214. The van der Waals surface area contributed by atoms with E-state index in [2.05, 4.69) is 12.1 Å². The van der Waals surface area contributed by atoms with Crippen molar-refractivity contribution >= 4 is 17.4 Å². The van der Waals surface area contributed by atoms with Gasteiger partial charge in [0.25, 0.3) is 0 Å². The van der Waals surface area contributed by atoms with Gasteiger partial charge in [-0.3, -0.25) is 4.79 Å². The standard InChI is InChI=1S/C14H10O/c15-14-9-8-10-4-1-2-5-11(10)12-6-3-7-13(12)14/h1-8H,9H2. The van der Waals surface area contributed by atoms with E-state index in [9.17, 15) is 4.79 Å². The Balaban J connectivity index is 2.50. The molecule has 0 unspecified atom stereocenters. The fraction of sp³-hybridized carbons (Fsp3) is 0.0714. The molecule has 1 aromatic carbocycles. The molecule has 1 nitrogen and oxygen atoms in total. The van der Waals surface area contributed by atoms with E-state index < -0.39 is 0 Å². The Morgan fingerprint density at radius 3 is 2.93 bits per heavy atom. The van der Waals surface area contributed by atoms with Crippen LogP contribution >= 0.6 is 0 Å². The maximum Gasteiger partial charge on any atom is 0.167 e. The number of benzene rings is 1. The topological polar surface area (TPSA) is 17.1 Å². The highest BCUT2D eigenvalue weighted by atomic mass is 16.1. The van der Waals surface area contributed by atoms with Crippen molar-refractivity contribution in [1.82, 2.24) is 0 Å². The second-order valence-corrected chi connectivity index (χ2v) is 3.77. The monoisotopic (exact) mass is 194 g/mol. The van der Waals surface area contributed by atoms with Crippen LogP contribution in [-0.4, -0.2) is 5.78 Å². The third-order valence-electron chi connectivity index (χ3n) is 2.87. The molecule has 1 heteroatoms. The lowest BCUT2D eigenvalue weighted by atomic mass is 10.0. The third-order valence-corrected chi connectivity index (χ3v) is 2.87. The largest absolute Gasteiger partial charge is 0.294 e. The van der Waals surface area contributed by atoms with Crippen molar-refractivity contribution in [1.29, 1.82) is 0 Å². The summed E-state index contributed by atoms with van der Waals surface area (Å²) in [5, 5.41) is 2.33. The Bertz CT molecular complexity index is 615. The van der Waals surface area contributed by atoms with Gasteiger partial charge in [-0.1, -0.05) is 48.6 Å². The molecular weight excluding hydrogens is 184 g/mol. The maximum absolute atomic E-state index is 11.8. The second-order valence-electron chi connectivity index (χ2n) is 3.77. The number of hydrogen-bond donors (Lipinski definition) is 0.